The molecule has 1 atom stereocenters. The maximum atomic E-state index is 5.13. The molecule has 1 rings (SSSR count). The predicted molar refractivity (Wildman–Crippen MR) is 39.1 cm³/mol. The van der Waals surface area contributed by atoms with Crippen LogP contribution in [0.2, 0.25) is 0 Å². The number of rotatable bonds is 2. The molecule has 1 heterocycles. The summed E-state index contributed by atoms with van der Waals surface area (Å²) in [7, 11) is 0. The molecule has 1 aliphatic heterocycles. The summed E-state index contributed by atoms with van der Waals surface area (Å²) in [5.74, 6) is 0.673. The fourth-order valence-electron chi connectivity index (χ4n) is 0.726. The molecule has 54 valence electrons. The summed E-state index contributed by atoms with van der Waals surface area (Å²) in [5.41, 5.74) is 1.02. The van der Waals surface area contributed by atoms with E-state index in [4.69, 9.17) is 9.47 Å². The molecule has 0 N–H and O–H groups in total. The van der Waals surface area contributed by atoms with E-state index in [0.717, 1.165) is 5.57 Å². The first-order chi connectivity index (χ1) is 4.74. The molecular formula is C8H10O2. The van der Waals surface area contributed by atoms with E-state index in [2.05, 4.69) is 13.2 Å². The first-order valence-corrected chi connectivity index (χ1v) is 3.05. The Morgan fingerprint density at radius 2 is 2.50 bits per heavy atom. The quantitative estimate of drug-likeness (QED) is 0.543. The predicted octanol–water partition coefficient (Wildman–Crippen LogP) is 1.96. The Kier molecular flexibility index (Phi) is 1.81. The van der Waals surface area contributed by atoms with Crippen molar-refractivity contribution >= 4 is 0 Å². The Morgan fingerprint density at radius 1 is 1.80 bits per heavy atom. The molecule has 0 aromatic heterocycles. The summed E-state index contributed by atoms with van der Waals surface area (Å²) in [6, 6.07) is 0. The van der Waals surface area contributed by atoms with E-state index in [1.807, 2.05) is 13.0 Å². The molecule has 0 unspecified atom stereocenters. The van der Waals surface area contributed by atoms with E-state index in [1.54, 1.807) is 0 Å². The largest absolute Gasteiger partial charge is 0.459 e. The van der Waals surface area contributed by atoms with Crippen molar-refractivity contribution in [2.75, 3.05) is 0 Å². The van der Waals surface area contributed by atoms with Crippen LogP contribution >= 0.6 is 0 Å². The van der Waals surface area contributed by atoms with Crippen molar-refractivity contribution in [1.82, 2.24) is 0 Å². The van der Waals surface area contributed by atoms with Crippen LogP contribution in [0.3, 0.4) is 0 Å². The average Bonchev–Trinajstić information content (AvgIpc) is 2.14. The molecule has 2 heteroatoms. The second-order valence-electron chi connectivity index (χ2n) is 2.06. The Labute approximate surface area is 60.4 Å². The second-order valence-corrected chi connectivity index (χ2v) is 2.06. The zero-order chi connectivity index (χ0) is 7.56. The average molecular weight is 138 g/mol. The summed E-state index contributed by atoms with van der Waals surface area (Å²) in [4.78, 5) is 0. The lowest BCUT2D eigenvalue weighted by molar-refractivity contribution is -0.0215. The fourth-order valence-corrected chi connectivity index (χ4v) is 0.726. The highest BCUT2D eigenvalue weighted by atomic mass is 16.7. The first-order valence-electron chi connectivity index (χ1n) is 3.05. The molecule has 0 fully saturated rings. The molecule has 0 bridgehead atoms. The molecular weight excluding hydrogens is 128 g/mol. The molecule has 0 aliphatic carbocycles. The van der Waals surface area contributed by atoms with Gasteiger partial charge in [0.15, 0.2) is 0 Å². The van der Waals surface area contributed by atoms with Crippen LogP contribution < -0.4 is 0 Å². The number of hydrogen-bond acceptors (Lipinski definition) is 2. The van der Waals surface area contributed by atoms with Crippen LogP contribution in [0.5, 0.6) is 0 Å². The van der Waals surface area contributed by atoms with Gasteiger partial charge in [0.05, 0.1) is 6.26 Å². The normalized spacial score (nSPS) is 23.5. The van der Waals surface area contributed by atoms with Gasteiger partial charge in [-0.1, -0.05) is 13.2 Å². The third-order valence-corrected chi connectivity index (χ3v) is 1.31. The smallest absolute Gasteiger partial charge is 0.260 e. The highest BCUT2D eigenvalue weighted by molar-refractivity contribution is 5.26. The van der Waals surface area contributed by atoms with Gasteiger partial charge in [0, 0.05) is 6.08 Å². The highest BCUT2D eigenvalue weighted by Gasteiger charge is 2.16. The molecule has 10 heavy (non-hydrogen) atoms. The molecule has 0 radical (unpaired) electrons. The Bertz CT molecular complexity index is 191. The topological polar surface area (TPSA) is 18.5 Å². The molecule has 0 saturated heterocycles. The summed E-state index contributed by atoms with van der Waals surface area (Å²) >= 11 is 0. The van der Waals surface area contributed by atoms with Crippen molar-refractivity contribution in [1.29, 1.82) is 0 Å². The van der Waals surface area contributed by atoms with Crippen LogP contribution in [0.15, 0.2) is 36.8 Å². The molecule has 0 aromatic rings. The van der Waals surface area contributed by atoms with Crippen LogP contribution in [-0.4, -0.2) is 6.29 Å². The Balaban J connectivity index is 2.56. The third-order valence-electron chi connectivity index (χ3n) is 1.31. The molecule has 0 spiro atoms. The SMILES string of the molecule is C=CO[C@H]1C=C(C)C(=C)O1. The van der Waals surface area contributed by atoms with Gasteiger partial charge in [0.25, 0.3) is 6.29 Å². The van der Waals surface area contributed by atoms with Crippen LogP contribution in [0.1, 0.15) is 6.92 Å². The van der Waals surface area contributed by atoms with Gasteiger partial charge in [0.1, 0.15) is 5.76 Å². The maximum absolute atomic E-state index is 5.13. The minimum Gasteiger partial charge on any atom is -0.459 e. The van der Waals surface area contributed by atoms with Crippen LogP contribution in [-0.2, 0) is 9.47 Å². The van der Waals surface area contributed by atoms with Crippen LogP contribution in [0, 0.1) is 0 Å². The summed E-state index contributed by atoms with van der Waals surface area (Å²) in [5, 5.41) is 0. The van der Waals surface area contributed by atoms with Gasteiger partial charge in [-0.05, 0) is 12.5 Å². The van der Waals surface area contributed by atoms with Crippen molar-refractivity contribution < 1.29 is 9.47 Å². The number of hydrogen-bond donors (Lipinski definition) is 0. The van der Waals surface area contributed by atoms with Crippen molar-refractivity contribution in [2.24, 2.45) is 0 Å². The maximum Gasteiger partial charge on any atom is 0.260 e. The van der Waals surface area contributed by atoms with E-state index in [1.165, 1.54) is 6.26 Å². The van der Waals surface area contributed by atoms with Crippen molar-refractivity contribution in [2.45, 2.75) is 13.2 Å². The van der Waals surface area contributed by atoms with Crippen LogP contribution in [0.25, 0.3) is 0 Å². The van der Waals surface area contributed by atoms with Gasteiger partial charge in [-0.2, -0.15) is 0 Å². The standard InChI is InChI=1S/C8H10O2/c1-4-9-8-5-6(2)7(3)10-8/h4-5,8H,1,3H2,2H3/t8-/m1/s1. The van der Waals surface area contributed by atoms with Gasteiger partial charge >= 0.3 is 0 Å². The molecule has 0 saturated carbocycles. The second kappa shape index (κ2) is 2.60. The van der Waals surface area contributed by atoms with Gasteiger partial charge in [-0.25, -0.2) is 0 Å². The Hall–Kier alpha value is -1.18. The van der Waals surface area contributed by atoms with Gasteiger partial charge in [-0.3, -0.25) is 0 Å². The minimum atomic E-state index is -0.315. The summed E-state index contributed by atoms with van der Waals surface area (Å²) in [6.45, 7) is 9.00. The van der Waals surface area contributed by atoms with E-state index in [0.29, 0.717) is 5.76 Å². The monoisotopic (exact) mass is 138 g/mol. The number of ether oxygens (including phenoxy) is 2. The van der Waals surface area contributed by atoms with E-state index < -0.39 is 0 Å². The molecule has 2 nitrogen and oxygen atoms in total. The zero-order valence-electron chi connectivity index (χ0n) is 5.96. The molecule has 1 aliphatic rings. The van der Waals surface area contributed by atoms with E-state index in [-0.39, 0.29) is 6.29 Å². The molecule has 0 aromatic carbocycles. The van der Waals surface area contributed by atoms with Gasteiger partial charge < -0.3 is 9.47 Å². The lowest BCUT2D eigenvalue weighted by Gasteiger charge is -2.07. The lowest BCUT2D eigenvalue weighted by Crippen LogP contribution is -2.03. The lowest BCUT2D eigenvalue weighted by atomic mass is 10.3. The summed E-state index contributed by atoms with van der Waals surface area (Å²) < 4.78 is 10.1. The first kappa shape index (κ1) is 6.93. The van der Waals surface area contributed by atoms with E-state index >= 15 is 0 Å². The van der Waals surface area contributed by atoms with Crippen LogP contribution in [0.4, 0.5) is 0 Å². The third kappa shape index (κ3) is 1.21. The minimum absolute atomic E-state index is 0.315. The van der Waals surface area contributed by atoms with Gasteiger partial charge in [0.2, 0.25) is 0 Å². The van der Waals surface area contributed by atoms with Crippen molar-refractivity contribution in [3.63, 3.8) is 0 Å². The summed E-state index contributed by atoms with van der Waals surface area (Å²) in [6.07, 6.45) is 2.89. The fraction of sp³-hybridized carbons (Fsp3) is 0.250. The zero-order valence-corrected chi connectivity index (χ0v) is 5.96. The van der Waals surface area contributed by atoms with Crippen molar-refractivity contribution in [3.05, 3.63) is 36.8 Å². The highest BCUT2D eigenvalue weighted by Crippen LogP contribution is 2.21. The number of allylic oxidation sites excluding steroid dienone is 1. The van der Waals surface area contributed by atoms with E-state index in [9.17, 15) is 0 Å². The Morgan fingerprint density at radius 3 is 2.90 bits per heavy atom. The molecule has 0 amide bonds. The van der Waals surface area contributed by atoms with Gasteiger partial charge in [-0.15, -0.1) is 0 Å². The van der Waals surface area contributed by atoms with Crippen molar-refractivity contribution in [3.8, 4) is 0 Å².